The van der Waals surface area contributed by atoms with E-state index in [1.165, 1.54) is 0 Å². The van der Waals surface area contributed by atoms with Crippen LogP contribution in [0.2, 0.25) is 0 Å². The highest BCUT2D eigenvalue weighted by atomic mass is 16.7. The van der Waals surface area contributed by atoms with Gasteiger partial charge in [0.25, 0.3) is 0 Å². The molecule has 0 aromatic carbocycles. The largest absolute Gasteiger partial charge is 0.394 e. The molecule has 0 radical (unpaired) electrons. The van der Waals surface area contributed by atoms with Gasteiger partial charge in [-0.2, -0.15) is 0 Å². The van der Waals surface area contributed by atoms with E-state index in [2.05, 4.69) is 0 Å². The van der Waals surface area contributed by atoms with Crippen LogP contribution in [0.1, 0.15) is 22.3 Å². The van der Waals surface area contributed by atoms with E-state index in [9.17, 15) is 61.3 Å². The van der Waals surface area contributed by atoms with Crippen molar-refractivity contribution in [1.29, 1.82) is 0 Å². The first-order valence-corrected chi connectivity index (χ1v) is 20.9. The summed E-state index contributed by atoms with van der Waals surface area (Å²) in [6, 6.07) is 0. The van der Waals surface area contributed by atoms with E-state index < -0.39 is 213 Å². The summed E-state index contributed by atoms with van der Waals surface area (Å²) in [6.07, 6.45) is -31.7. The Morgan fingerprint density at radius 3 is 0.704 bits per heavy atom. The Bertz CT molecular complexity index is 1160. The highest BCUT2D eigenvalue weighted by Gasteiger charge is 2.47. The summed E-state index contributed by atoms with van der Waals surface area (Å²) >= 11 is 0. The fourth-order valence-corrected chi connectivity index (χ4v) is 5.95. The summed E-state index contributed by atoms with van der Waals surface area (Å²) in [6.45, 7) is -5.84. The van der Waals surface area contributed by atoms with Gasteiger partial charge in [-0.25, -0.2) is 0 Å². The Balaban J connectivity index is -0.000000856. The molecule has 71 heavy (non-hydrogen) atoms. The molecule has 4 heterocycles. The van der Waals surface area contributed by atoms with Crippen molar-refractivity contribution in [3.05, 3.63) is 0 Å². The van der Waals surface area contributed by atoms with Gasteiger partial charge < -0.3 is 160 Å². The second-order valence-corrected chi connectivity index (χ2v) is 15.4. The fraction of sp³-hybridized carbons (Fsp3) is 1.00. The molecular weight excluding hydrogens is 980 g/mol. The zero-order chi connectivity index (χ0) is 52.0. The lowest BCUT2D eigenvalue weighted by molar-refractivity contribution is -0.315. The molecule has 0 amide bonds. The van der Waals surface area contributed by atoms with Crippen LogP contribution in [0.25, 0.3) is 0 Å². The maximum atomic E-state index is 9.56. The van der Waals surface area contributed by atoms with Crippen LogP contribution < -0.4 is 0 Å². The van der Waals surface area contributed by atoms with Gasteiger partial charge in [0.15, 0.2) is 25.2 Å². The van der Waals surface area contributed by atoms with Crippen LogP contribution in [0.5, 0.6) is 0 Å². The predicted octanol–water partition coefficient (Wildman–Crippen LogP) is -13.5. The Kier molecular flexibility index (Phi) is 39.9. The standard InChI is InChI=1S/4C9H18O8.3CH4/c2*10-1-4(12)3-16-9-8(15)7(14)6(13)5(2-11)17-9;2*10-1-4(2-11)16-9-8(15)7(14)6(13)5(3-12)17-9;;;/h4*4-15H,1-3H2;3*1H4/t2*4?,5?,6-,7+,8?,9-;2*5?,6-,7+,8?,9-;;;/m1111.../s1. The zero-order valence-electron chi connectivity index (χ0n) is 36.3. The minimum absolute atomic E-state index is 0. The number of ether oxygens (including phenoxy) is 8. The molecule has 0 saturated carbocycles. The molecule has 4 aliphatic rings. The molecule has 24 N–H and O–H groups in total. The monoisotopic (exact) mass is 1060 g/mol. The Morgan fingerprint density at radius 2 is 0.507 bits per heavy atom. The summed E-state index contributed by atoms with van der Waals surface area (Å²) in [7, 11) is 0. The number of aliphatic hydroxyl groups is 24. The maximum absolute atomic E-state index is 9.56. The first-order chi connectivity index (χ1) is 32.1. The average Bonchev–Trinajstić information content (AvgIpc) is 3.35. The number of hydrogen-bond acceptors (Lipinski definition) is 32. The van der Waals surface area contributed by atoms with Gasteiger partial charge in [0.05, 0.1) is 79.3 Å². The molecule has 0 bridgehead atoms. The third-order valence-corrected chi connectivity index (χ3v) is 10.2. The predicted molar refractivity (Wildman–Crippen MR) is 231 cm³/mol. The molecule has 32 nitrogen and oxygen atoms in total. The molecule has 432 valence electrons. The van der Waals surface area contributed by atoms with Crippen molar-refractivity contribution < 1.29 is 160 Å². The van der Waals surface area contributed by atoms with Gasteiger partial charge in [-0.1, -0.05) is 22.3 Å². The third-order valence-electron chi connectivity index (χ3n) is 10.2. The van der Waals surface area contributed by atoms with Crippen molar-refractivity contribution in [2.24, 2.45) is 0 Å². The van der Waals surface area contributed by atoms with E-state index >= 15 is 0 Å². The van der Waals surface area contributed by atoms with E-state index in [-0.39, 0.29) is 35.5 Å². The second kappa shape index (κ2) is 38.3. The summed E-state index contributed by atoms with van der Waals surface area (Å²) in [5.41, 5.74) is 0. The SMILES string of the molecule is C.C.C.OCC(CO)O[C@@H]1OC(CO)[C@@H](O)[C@H](O)C1O.OCC(CO)O[C@@H]1OC(CO)[C@@H](O)[C@H](O)C1O.OCC(O)CO[C@@H]1OC(CO)[C@@H](O)[C@H](O)C1O.OCC(O)CO[C@@H]1OC(CO)[C@@H](O)[C@H](O)C1O. The van der Waals surface area contributed by atoms with Crippen LogP contribution >= 0.6 is 0 Å². The topological polar surface area (TPSA) is 559 Å². The molecule has 4 aliphatic heterocycles. The first-order valence-electron chi connectivity index (χ1n) is 20.9. The summed E-state index contributed by atoms with van der Waals surface area (Å²) in [5.74, 6) is 0. The van der Waals surface area contributed by atoms with Crippen LogP contribution in [0.3, 0.4) is 0 Å². The van der Waals surface area contributed by atoms with Gasteiger partial charge in [-0.15, -0.1) is 0 Å². The quantitative estimate of drug-likeness (QED) is 0.0538. The maximum Gasteiger partial charge on any atom is 0.187 e. The molecule has 22 atom stereocenters. The highest BCUT2D eigenvalue weighted by Crippen LogP contribution is 2.26. The first kappa shape index (κ1) is 74.0. The lowest BCUT2D eigenvalue weighted by Crippen LogP contribution is -2.60. The molecule has 0 aliphatic carbocycles. The van der Waals surface area contributed by atoms with Gasteiger partial charge in [0.2, 0.25) is 0 Å². The van der Waals surface area contributed by atoms with Crippen molar-refractivity contribution in [2.45, 2.75) is 170 Å². The van der Waals surface area contributed by atoms with E-state index in [0.29, 0.717) is 0 Å². The van der Waals surface area contributed by atoms with Crippen LogP contribution in [0, 0.1) is 0 Å². The molecule has 0 aromatic rings. The van der Waals surface area contributed by atoms with Crippen LogP contribution in [-0.2, 0) is 37.9 Å². The Labute approximate surface area is 409 Å². The molecule has 4 rings (SSSR count). The smallest absolute Gasteiger partial charge is 0.187 e. The average molecular weight is 1070 g/mol. The van der Waals surface area contributed by atoms with Crippen molar-refractivity contribution in [3.8, 4) is 0 Å². The summed E-state index contributed by atoms with van der Waals surface area (Å²) in [5, 5.41) is 220. The van der Waals surface area contributed by atoms with Crippen LogP contribution in [0.4, 0.5) is 0 Å². The Hall–Kier alpha value is -1.28. The normalized spacial score (nSPS) is 37.8. The van der Waals surface area contributed by atoms with E-state index in [1.807, 2.05) is 0 Å². The van der Waals surface area contributed by atoms with Crippen molar-refractivity contribution in [3.63, 3.8) is 0 Å². The van der Waals surface area contributed by atoms with Gasteiger partial charge in [-0.3, -0.25) is 0 Å². The van der Waals surface area contributed by atoms with Crippen LogP contribution in [0.15, 0.2) is 0 Å². The van der Waals surface area contributed by atoms with Gasteiger partial charge >= 0.3 is 0 Å². The summed E-state index contributed by atoms with van der Waals surface area (Å²) < 4.78 is 39.9. The number of hydrogen-bond donors (Lipinski definition) is 24. The van der Waals surface area contributed by atoms with Crippen LogP contribution in [-0.4, -0.2) is 349 Å². The zero-order valence-corrected chi connectivity index (χ0v) is 36.3. The van der Waals surface area contributed by atoms with Crippen molar-refractivity contribution in [1.82, 2.24) is 0 Å². The molecule has 10 unspecified atom stereocenters. The molecular formula is C39H84O32. The van der Waals surface area contributed by atoms with E-state index in [4.69, 9.17) is 99.2 Å². The van der Waals surface area contributed by atoms with E-state index in [0.717, 1.165) is 0 Å². The second-order valence-electron chi connectivity index (χ2n) is 15.4. The van der Waals surface area contributed by atoms with Crippen molar-refractivity contribution >= 4 is 0 Å². The molecule has 4 fully saturated rings. The molecule has 0 aromatic heterocycles. The Morgan fingerprint density at radius 1 is 0.296 bits per heavy atom. The third kappa shape index (κ3) is 22.5. The van der Waals surface area contributed by atoms with Gasteiger partial charge in [-0.05, 0) is 0 Å². The fourth-order valence-electron chi connectivity index (χ4n) is 5.95. The molecule has 4 saturated heterocycles. The lowest BCUT2D eigenvalue weighted by Gasteiger charge is -2.40. The van der Waals surface area contributed by atoms with Gasteiger partial charge in [0, 0.05) is 0 Å². The summed E-state index contributed by atoms with van der Waals surface area (Å²) in [4.78, 5) is 0. The minimum Gasteiger partial charge on any atom is -0.394 e. The molecule has 0 spiro atoms. The molecule has 32 heteroatoms. The van der Waals surface area contributed by atoms with Gasteiger partial charge in [0.1, 0.15) is 122 Å². The minimum atomic E-state index is -1.54. The van der Waals surface area contributed by atoms with Crippen molar-refractivity contribution in [2.75, 3.05) is 79.3 Å². The van der Waals surface area contributed by atoms with E-state index in [1.54, 1.807) is 0 Å². The lowest BCUT2D eigenvalue weighted by atomic mass is 9.99. The number of rotatable bonds is 20. The highest BCUT2D eigenvalue weighted by molar-refractivity contribution is 4.92. The number of aliphatic hydroxyl groups excluding tert-OH is 24.